The van der Waals surface area contributed by atoms with Crippen molar-refractivity contribution in [1.82, 2.24) is 0 Å². The summed E-state index contributed by atoms with van der Waals surface area (Å²) < 4.78 is 0. The third-order valence-corrected chi connectivity index (χ3v) is 4.90. The molecule has 2 aliphatic carbocycles. The Morgan fingerprint density at radius 2 is 1.05 bits per heavy atom. The minimum absolute atomic E-state index is 0.0184. The average Bonchev–Trinajstić information content (AvgIpc) is 2.94. The molecule has 2 nitrogen and oxygen atoms in total. The highest BCUT2D eigenvalue weighted by atomic mass is 16.3. The first-order valence-corrected chi connectivity index (χ1v) is 7.27. The fraction of sp³-hybridized carbons (Fsp3) is 0.333. The van der Waals surface area contributed by atoms with Crippen molar-refractivity contribution in [1.29, 1.82) is 0 Å². The van der Waals surface area contributed by atoms with E-state index in [1.165, 1.54) is 22.3 Å². The van der Waals surface area contributed by atoms with E-state index < -0.39 is 12.2 Å². The van der Waals surface area contributed by atoms with Crippen LogP contribution in [0.25, 0.3) is 0 Å². The molecule has 2 aromatic carbocycles. The molecule has 0 heterocycles. The third-order valence-electron chi connectivity index (χ3n) is 4.90. The number of aliphatic hydroxyl groups excluding tert-OH is 2. The van der Waals surface area contributed by atoms with E-state index in [1.807, 2.05) is 24.3 Å². The maximum Gasteiger partial charge on any atom is 0.0656 e. The quantitative estimate of drug-likeness (QED) is 0.832. The molecule has 0 saturated carbocycles. The Morgan fingerprint density at radius 1 is 0.650 bits per heavy atom. The van der Waals surface area contributed by atoms with E-state index in [1.54, 1.807) is 0 Å². The van der Waals surface area contributed by atoms with Crippen LogP contribution in [0.1, 0.15) is 34.1 Å². The number of aliphatic hydroxyl groups is 2. The van der Waals surface area contributed by atoms with Gasteiger partial charge in [-0.1, -0.05) is 48.5 Å². The van der Waals surface area contributed by atoms with Gasteiger partial charge in [0.25, 0.3) is 0 Å². The van der Waals surface area contributed by atoms with E-state index >= 15 is 0 Å². The van der Waals surface area contributed by atoms with Crippen LogP contribution in [0.5, 0.6) is 0 Å². The van der Waals surface area contributed by atoms with E-state index in [4.69, 9.17) is 0 Å². The molecular weight excluding hydrogens is 248 g/mol. The lowest BCUT2D eigenvalue weighted by atomic mass is 9.81. The summed E-state index contributed by atoms with van der Waals surface area (Å²) in [6.45, 7) is 0. The Balaban J connectivity index is 1.82. The van der Waals surface area contributed by atoms with Gasteiger partial charge in [0.15, 0.2) is 0 Å². The Kier molecular flexibility index (Phi) is 2.69. The summed E-state index contributed by atoms with van der Waals surface area (Å²) in [4.78, 5) is 0. The third kappa shape index (κ3) is 1.65. The molecule has 0 amide bonds. The second-order valence-corrected chi connectivity index (χ2v) is 5.99. The van der Waals surface area contributed by atoms with Gasteiger partial charge in [0.05, 0.1) is 12.2 Å². The first-order valence-electron chi connectivity index (χ1n) is 7.27. The first kappa shape index (κ1) is 12.1. The number of fused-ring (bicyclic) bond motifs is 2. The molecule has 2 heteroatoms. The van der Waals surface area contributed by atoms with Gasteiger partial charge in [0.2, 0.25) is 0 Å². The monoisotopic (exact) mass is 266 g/mol. The SMILES string of the molecule is OC1Cc2ccccc2C1[C@@H]1c2ccccc2C[C@@H]1O. The van der Waals surface area contributed by atoms with E-state index in [0.717, 1.165) is 0 Å². The first-order chi connectivity index (χ1) is 9.75. The lowest BCUT2D eigenvalue weighted by Gasteiger charge is -2.27. The van der Waals surface area contributed by atoms with Crippen LogP contribution < -0.4 is 0 Å². The highest BCUT2D eigenvalue weighted by molar-refractivity contribution is 5.45. The van der Waals surface area contributed by atoms with E-state index in [0.29, 0.717) is 12.8 Å². The van der Waals surface area contributed by atoms with Crippen molar-refractivity contribution in [3.05, 3.63) is 70.8 Å². The molecule has 0 aromatic heterocycles. The molecule has 2 N–H and O–H groups in total. The van der Waals surface area contributed by atoms with Crippen LogP contribution >= 0.6 is 0 Å². The Labute approximate surface area is 118 Å². The molecule has 4 rings (SSSR count). The molecule has 4 atom stereocenters. The normalized spacial score (nSPS) is 31.1. The van der Waals surface area contributed by atoms with Crippen molar-refractivity contribution in [3.63, 3.8) is 0 Å². The second-order valence-electron chi connectivity index (χ2n) is 5.99. The van der Waals surface area contributed by atoms with Crippen molar-refractivity contribution < 1.29 is 10.2 Å². The minimum Gasteiger partial charge on any atom is -0.392 e. The van der Waals surface area contributed by atoms with Gasteiger partial charge in [-0.25, -0.2) is 0 Å². The van der Waals surface area contributed by atoms with Crippen molar-refractivity contribution in [3.8, 4) is 0 Å². The smallest absolute Gasteiger partial charge is 0.0656 e. The maximum absolute atomic E-state index is 10.5. The lowest BCUT2D eigenvalue weighted by Crippen LogP contribution is -2.26. The summed E-state index contributed by atoms with van der Waals surface area (Å²) in [5, 5.41) is 21.0. The Bertz CT molecular complexity index is 592. The molecule has 20 heavy (non-hydrogen) atoms. The van der Waals surface area contributed by atoms with Gasteiger partial charge in [-0.15, -0.1) is 0 Å². The second kappa shape index (κ2) is 4.44. The molecular formula is C18H18O2. The highest BCUT2D eigenvalue weighted by Gasteiger charge is 2.44. The van der Waals surface area contributed by atoms with Crippen LogP contribution in [-0.2, 0) is 12.8 Å². The average molecular weight is 266 g/mol. The van der Waals surface area contributed by atoms with Crippen LogP contribution in [-0.4, -0.2) is 22.4 Å². The molecule has 0 aliphatic heterocycles. The van der Waals surface area contributed by atoms with Gasteiger partial charge in [0, 0.05) is 11.8 Å². The van der Waals surface area contributed by atoms with Crippen LogP contribution in [0.3, 0.4) is 0 Å². The number of benzene rings is 2. The van der Waals surface area contributed by atoms with Gasteiger partial charge in [-0.3, -0.25) is 0 Å². The zero-order chi connectivity index (χ0) is 13.7. The van der Waals surface area contributed by atoms with E-state index in [-0.39, 0.29) is 11.8 Å². The van der Waals surface area contributed by atoms with E-state index in [2.05, 4.69) is 24.3 Å². The zero-order valence-electron chi connectivity index (χ0n) is 11.2. The maximum atomic E-state index is 10.5. The van der Waals surface area contributed by atoms with Crippen LogP contribution in [0.2, 0.25) is 0 Å². The number of hydrogen-bond acceptors (Lipinski definition) is 2. The van der Waals surface area contributed by atoms with Crippen molar-refractivity contribution in [2.75, 3.05) is 0 Å². The van der Waals surface area contributed by atoms with E-state index in [9.17, 15) is 10.2 Å². The molecule has 0 radical (unpaired) electrons. The molecule has 0 spiro atoms. The largest absolute Gasteiger partial charge is 0.392 e. The summed E-state index contributed by atoms with van der Waals surface area (Å²) in [5.74, 6) is 0.0368. The molecule has 2 unspecified atom stereocenters. The van der Waals surface area contributed by atoms with Crippen molar-refractivity contribution >= 4 is 0 Å². The van der Waals surface area contributed by atoms with Crippen LogP contribution in [0, 0.1) is 0 Å². The summed E-state index contributed by atoms with van der Waals surface area (Å²) in [6, 6.07) is 16.5. The predicted molar refractivity (Wildman–Crippen MR) is 77.8 cm³/mol. The number of rotatable bonds is 1. The summed E-state index contributed by atoms with van der Waals surface area (Å²) in [7, 11) is 0. The zero-order valence-corrected chi connectivity index (χ0v) is 11.2. The van der Waals surface area contributed by atoms with Gasteiger partial charge in [0.1, 0.15) is 0 Å². The number of hydrogen-bond donors (Lipinski definition) is 2. The minimum atomic E-state index is -0.391. The molecule has 0 bridgehead atoms. The fourth-order valence-electron chi connectivity index (χ4n) is 4.08. The molecule has 102 valence electrons. The van der Waals surface area contributed by atoms with Crippen molar-refractivity contribution in [2.24, 2.45) is 0 Å². The lowest BCUT2D eigenvalue weighted by molar-refractivity contribution is 0.0900. The fourth-order valence-corrected chi connectivity index (χ4v) is 4.08. The summed E-state index contributed by atoms with van der Waals surface area (Å²) in [6.07, 6.45) is 0.620. The van der Waals surface area contributed by atoms with Crippen LogP contribution in [0.4, 0.5) is 0 Å². The standard InChI is InChI=1S/C18H18O2/c19-15-9-11-5-1-3-7-13(11)17(15)18-14-8-4-2-6-12(14)10-16(18)20/h1-8,15-20H,9-10H2/t15-,16?,17+,18?/m0/s1. The Morgan fingerprint density at radius 3 is 1.50 bits per heavy atom. The Hall–Kier alpha value is -1.64. The van der Waals surface area contributed by atoms with Gasteiger partial charge >= 0.3 is 0 Å². The van der Waals surface area contributed by atoms with Gasteiger partial charge in [-0.05, 0) is 35.1 Å². The van der Waals surface area contributed by atoms with Gasteiger partial charge < -0.3 is 10.2 Å². The van der Waals surface area contributed by atoms with Gasteiger partial charge in [-0.2, -0.15) is 0 Å². The predicted octanol–water partition coefficient (Wildman–Crippen LogP) is 2.39. The topological polar surface area (TPSA) is 40.5 Å². The summed E-state index contributed by atoms with van der Waals surface area (Å²) in [5.41, 5.74) is 4.87. The molecule has 2 aliphatic rings. The molecule has 0 fully saturated rings. The van der Waals surface area contributed by atoms with Crippen LogP contribution in [0.15, 0.2) is 48.5 Å². The summed E-state index contributed by atoms with van der Waals surface area (Å²) >= 11 is 0. The van der Waals surface area contributed by atoms with Crippen molar-refractivity contribution in [2.45, 2.75) is 36.9 Å². The molecule has 2 aromatic rings. The highest BCUT2D eigenvalue weighted by Crippen LogP contribution is 2.48. The molecule has 0 saturated heterocycles.